The Hall–Kier alpha value is -2.95. The highest BCUT2D eigenvalue weighted by molar-refractivity contribution is 8.01. The number of thiocarbonyl (C=S) groups is 1. The number of carboxylic acids is 2. The number of amides is 1. The summed E-state index contributed by atoms with van der Waals surface area (Å²) in [4.78, 5) is 44.5. The Kier molecular flexibility index (Phi) is 7.20. The molecule has 0 aromatic carbocycles. The van der Waals surface area contributed by atoms with Crippen molar-refractivity contribution in [2.75, 3.05) is 11.5 Å². The quantitative estimate of drug-likeness (QED) is 0.130. The fourth-order valence-electron chi connectivity index (χ4n) is 3.51. The molecule has 1 saturated heterocycles. The van der Waals surface area contributed by atoms with E-state index < -0.39 is 24.0 Å². The zero-order valence-electron chi connectivity index (χ0n) is 17.4. The van der Waals surface area contributed by atoms with Gasteiger partial charge in [0.05, 0.1) is 23.3 Å². The molecule has 1 unspecified atom stereocenters. The van der Waals surface area contributed by atoms with Gasteiger partial charge in [0.25, 0.3) is 5.91 Å². The fraction of sp³-hybridized carbons (Fsp3) is 0.389. The second-order valence-corrected chi connectivity index (χ2v) is 10.1. The Balaban J connectivity index is 1.36. The number of aromatic nitrogens is 5. The molecule has 0 radical (unpaired) electrons. The highest BCUT2D eigenvalue weighted by Gasteiger charge is 2.53. The van der Waals surface area contributed by atoms with Crippen molar-refractivity contribution in [3.8, 4) is 0 Å². The maximum atomic E-state index is 12.8. The van der Waals surface area contributed by atoms with Crippen molar-refractivity contribution in [3.05, 3.63) is 35.2 Å². The molecular weight excluding hydrogens is 504 g/mol. The summed E-state index contributed by atoms with van der Waals surface area (Å²) >= 11 is 8.20. The smallest absolute Gasteiger partial charge is 0.352 e. The van der Waals surface area contributed by atoms with E-state index in [0.29, 0.717) is 38.6 Å². The van der Waals surface area contributed by atoms with Crippen molar-refractivity contribution in [2.45, 2.75) is 35.3 Å². The van der Waals surface area contributed by atoms with Crippen LogP contribution in [-0.4, -0.2) is 92.3 Å². The van der Waals surface area contributed by atoms with Gasteiger partial charge in [-0.15, -0.1) is 28.6 Å². The van der Waals surface area contributed by atoms with Crippen LogP contribution in [0.1, 0.15) is 11.5 Å². The minimum atomic E-state index is -1.15. The number of rotatable bonds is 10. The largest absolute Gasteiger partial charge is 0.480 e. The van der Waals surface area contributed by atoms with Crippen molar-refractivity contribution in [2.24, 2.45) is 5.73 Å². The van der Waals surface area contributed by atoms with E-state index in [1.54, 1.807) is 12.4 Å². The van der Waals surface area contributed by atoms with Crippen molar-refractivity contribution >= 4 is 58.6 Å². The number of carbonyl (C=O) groups is 3. The van der Waals surface area contributed by atoms with Gasteiger partial charge in [-0.2, -0.15) is 0 Å². The van der Waals surface area contributed by atoms with E-state index >= 15 is 0 Å². The fourth-order valence-corrected chi connectivity index (χ4v) is 6.04. The molecule has 2 aliphatic heterocycles. The van der Waals surface area contributed by atoms with E-state index in [1.165, 1.54) is 28.4 Å². The van der Waals surface area contributed by atoms with Crippen LogP contribution < -0.4 is 11.1 Å². The summed E-state index contributed by atoms with van der Waals surface area (Å²) in [5.41, 5.74) is 6.67. The topological polar surface area (TPSA) is 203 Å². The van der Waals surface area contributed by atoms with E-state index in [4.69, 9.17) is 23.1 Å². The standard InChI is InChI=1S/C18H20N8O5S3/c19-9(17(28)29)1-8-3-20-10(22-8)2-11(32)23-13-15(27)26-14(18(30)31)7(6-34-16(13)26)5-33-12-4-21-25-24-12/h3-4,9,13,16H,1-2,5-6,19H2,(H,20,22)(H,23,32)(H,28,29)(H,30,31)(H,21,24,25)/t9?,13-,16+/m1/s1. The summed E-state index contributed by atoms with van der Waals surface area (Å²) in [6.07, 6.45) is 3.39. The normalized spacial score (nSPS) is 20.5. The molecule has 0 bridgehead atoms. The molecule has 16 heteroatoms. The first-order chi connectivity index (χ1) is 16.2. The molecule has 2 aromatic heterocycles. The number of thioether (sulfide) groups is 2. The Morgan fingerprint density at radius 3 is 2.91 bits per heavy atom. The summed E-state index contributed by atoms with van der Waals surface area (Å²) in [7, 11) is 0. The zero-order valence-corrected chi connectivity index (χ0v) is 19.9. The van der Waals surface area contributed by atoms with Gasteiger partial charge in [-0.3, -0.25) is 19.6 Å². The number of nitrogens with one attached hydrogen (secondary N) is 3. The van der Waals surface area contributed by atoms with Crippen LogP contribution >= 0.6 is 35.7 Å². The molecule has 1 fully saturated rings. The number of hydrogen-bond donors (Lipinski definition) is 6. The molecule has 0 saturated carbocycles. The van der Waals surface area contributed by atoms with Gasteiger partial charge < -0.3 is 26.2 Å². The molecule has 3 atom stereocenters. The van der Waals surface area contributed by atoms with Crippen LogP contribution in [0.5, 0.6) is 0 Å². The number of nitrogens with zero attached hydrogens (tertiary/aromatic N) is 4. The van der Waals surface area contributed by atoms with Gasteiger partial charge in [0, 0.05) is 24.1 Å². The number of β-lactam (4-membered cyclic amide) rings is 1. The third-order valence-corrected chi connectivity index (χ3v) is 7.72. The number of nitrogens with two attached hydrogens (primary N) is 1. The maximum Gasteiger partial charge on any atom is 0.352 e. The van der Waals surface area contributed by atoms with Crippen molar-refractivity contribution in [3.63, 3.8) is 0 Å². The molecule has 13 nitrogen and oxygen atoms in total. The second kappa shape index (κ2) is 10.1. The van der Waals surface area contributed by atoms with Gasteiger partial charge in [0.1, 0.15) is 34.0 Å². The van der Waals surface area contributed by atoms with Gasteiger partial charge >= 0.3 is 11.9 Å². The van der Waals surface area contributed by atoms with Crippen LogP contribution in [0, 0.1) is 0 Å². The molecule has 2 aromatic rings. The van der Waals surface area contributed by atoms with Crippen molar-refractivity contribution < 1.29 is 24.6 Å². The SMILES string of the molecule is NC(Cc1c[nH]c(CC(=S)N[C@@H]2C(=O)N3C(C(=O)O)=C(CSc4cnn[nH]4)CS[C@@H]23)n1)C(=O)O. The van der Waals surface area contributed by atoms with Crippen LogP contribution in [0.25, 0.3) is 0 Å². The Morgan fingerprint density at radius 2 is 2.24 bits per heavy atom. The molecule has 0 aliphatic carbocycles. The number of carboxylic acid groups (broad SMARTS) is 2. The molecule has 7 N–H and O–H groups in total. The van der Waals surface area contributed by atoms with Crippen molar-refractivity contribution in [1.29, 1.82) is 0 Å². The van der Waals surface area contributed by atoms with Gasteiger partial charge in [0.2, 0.25) is 0 Å². The number of fused-ring (bicyclic) bond motifs is 1. The molecule has 34 heavy (non-hydrogen) atoms. The summed E-state index contributed by atoms with van der Waals surface area (Å²) < 4.78 is 0. The van der Waals surface area contributed by atoms with Gasteiger partial charge in [-0.05, 0) is 5.57 Å². The third kappa shape index (κ3) is 5.08. The Labute approximate surface area is 206 Å². The second-order valence-electron chi connectivity index (χ2n) is 7.49. The number of aromatic amines is 2. The van der Waals surface area contributed by atoms with Crippen LogP contribution in [0.4, 0.5) is 0 Å². The minimum Gasteiger partial charge on any atom is -0.480 e. The maximum absolute atomic E-state index is 12.8. The van der Waals surface area contributed by atoms with E-state index in [-0.39, 0.29) is 29.8 Å². The van der Waals surface area contributed by atoms with Gasteiger partial charge in [-0.25, -0.2) is 9.78 Å². The highest BCUT2D eigenvalue weighted by atomic mass is 32.2. The predicted molar refractivity (Wildman–Crippen MR) is 126 cm³/mol. The molecule has 0 spiro atoms. The minimum absolute atomic E-state index is 0.00291. The number of hydrogen-bond acceptors (Lipinski definition) is 10. The zero-order chi connectivity index (χ0) is 24.4. The monoisotopic (exact) mass is 524 g/mol. The highest BCUT2D eigenvalue weighted by Crippen LogP contribution is 2.41. The molecule has 4 rings (SSSR count). The Bertz CT molecular complexity index is 1150. The first-order valence-corrected chi connectivity index (χ1v) is 12.4. The molecular formula is C18H20N8O5S3. The van der Waals surface area contributed by atoms with E-state index in [9.17, 15) is 19.5 Å². The van der Waals surface area contributed by atoms with Crippen LogP contribution in [0.3, 0.4) is 0 Å². The molecule has 2 aliphatic rings. The van der Waals surface area contributed by atoms with Crippen LogP contribution in [-0.2, 0) is 27.2 Å². The Morgan fingerprint density at radius 1 is 1.44 bits per heavy atom. The summed E-state index contributed by atoms with van der Waals surface area (Å²) in [6, 6.07) is -1.70. The average Bonchev–Trinajstić information content (AvgIpc) is 3.47. The summed E-state index contributed by atoms with van der Waals surface area (Å²) in [6.45, 7) is 0. The lowest BCUT2D eigenvalue weighted by Crippen LogP contribution is -2.70. The third-order valence-electron chi connectivity index (χ3n) is 5.12. The predicted octanol–water partition coefficient (Wildman–Crippen LogP) is -0.644. The van der Waals surface area contributed by atoms with Crippen LogP contribution in [0.15, 0.2) is 28.7 Å². The van der Waals surface area contributed by atoms with Gasteiger partial charge in [0.15, 0.2) is 0 Å². The molecule has 180 valence electrons. The lowest BCUT2D eigenvalue weighted by Gasteiger charge is -2.49. The number of H-pyrrole nitrogens is 2. The number of carbonyl (C=O) groups excluding carboxylic acids is 1. The lowest BCUT2D eigenvalue weighted by molar-refractivity contribution is -0.148. The van der Waals surface area contributed by atoms with Crippen molar-refractivity contribution in [1.82, 2.24) is 35.6 Å². The van der Waals surface area contributed by atoms with E-state index in [0.717, 1.165) is 0 Å². The molecule has 4 heterocycles. The number of imidazole rings is 1. The van der Waals surface area contributed by atoms with E-state index in [2.05, 4.69) is 30.7 Å². The average molecular weight is 525 g/mol. The molecule has 1 amide bonds. The van der Waals surface area contributed by atoms with E-state index in [1.807, 2.05) is 0 Å². The van der Waals surface area contributed by atoms with Gasteiger partial charge in [-0.1, -0.05) is 17.4 Å². The first-order valence-electron chi connectivity index (χ1n) is 9.94. The summed E-state index contributed by atoms with van der Waals surface area (Å²) in [5, 5.41) is 32.0. The summed E-state index contributed by atoms with van der Waals surface area (Å²) in [5.74, 6) is -1.28. The lowest BCUT2D eigenvalue weighted by atomic mass is 10.0. The van der Waals surface area contributed by atoms with Crippen LogP contribution in [0.2, 0.25) is 0 Å². The number of aliphatic carboxylic acids is 2. The first kappa shape index (κ1) is 24.2.